The Labute approximate surface area is 43.4 Å². The quantitative estimate of drug-likeness (QED) is 0.418. The average molecular weight is 102 g/mol. The van der Waals surface area contributed by atoms with Crippen LogP contribution in [0.2, 0.25) is 0 Å². The van der Waals surface area contributed by atoms with E-state index in [1.165, 1.54) is 0 Å². The van der Waals surface area contributed by atoms with Crippen molar-refractivity contribution in [2.75, 3.05) is 27.5 Å². The zero-order valence-electron chi connectivity index (χ0n) is 4.72. The van der Waals surface area contributed by atoms with Gasteiger partial charge in [0.1, 0.15) is 6.73 Å². The van der Waals surface area contributed by atoms with Crippen LogP contribution in [0.5, 0.6) is 0 Å². The highest BCUT2D eigenvalue weighted by Crippen LogP contribution is 1.97. The molecule has 0 aromatic heterocycles. The summed E-state index contributed by atoms with van der Waals surface area (Å²) in [5.41, 5.74) is 0. The fourth-order valence-electron chi connectivity index (χ4n) is 0.619. The molecule has 7 heavy (non-hydrogen) atoms. The summed E-state index contributed by atoms with van der Waals surface area (Å²) >= 11 is 0. The minimum Gasteiger partial charge on any atom is -0.282 e. The first kappa shape index (κ1) is 5.03. The van der Waals surface area contributed by atoms with Crippen LogP contribution >= 0.6 is 0 Å². The molecule has 42 valence electrons. The van der Waals surface area contributed by atoms with Gasteiger partial charge in [0.2, 0.25) is 0 Å². The van der Waals surface area contributed by atoms with Gasteiger partial charge < -0.3 is 0 Å². The van der Waals surface area contributed by atoms with Crippen LogP contribution in [0.15, 0.2) is 0 Å². The molecule has 1 aliphatic heterocycles. The van der Waals surface area contributed by atoms with Gasteiger partial charge in [-0.1, -0.05) is 0 Å². The van der Waals surface area contributed by atoms with E-state index in [9.17, 15) is 0 Å². The summed E-state index contributed by atoms with van der Waals surface area (Å²) < 4.78 is 0. The van der Waals surface area contributed by atoms with Gasteiger partial charge >= 0.3 is 0 Å². The zero-order valence-corrected chi connectivity index (χ0v) is 4.72. The second-order valence-electron chi connectivity index (χ2n) is 1.88. The molecule has 0 aromatic carbocycles. The number of hydrogen-bond donors (Lipinski definition) is 0. The second kappa shape index (κ2) is 1.78. The molecule has 1 heterocycles. The molecule has 1 rings (SSSR count). The molecule has 0 radical (unpaired) electrons. The molecule has 1 saturated heterocycles. The number of nitrogens with zero attached hydrogens (tertiary/aromatic N) is 2. The predicted molar refractivity (Wildman–Crippen MR) is 26.3 cm³/mol. The first-order valence-corrected chi connectivity index (χ1v) is 2.31. The highest BCUT2D eigenvalue weighted by atomic mass is 16.7. The molecule has 0 atom stereocenters. The van der Waals surface area contributed by atoms with Crippen molar-refractivity contribution >= 4 is 0 Å². The van der Waals surface area contributed by atoms with Crippen LogP contribution in [0.1, 0.15) is 0 Å². The van der Waals surface area contributed by atoms with E-state index >= 15 is 0 Å². The maximum atomic E-state index is 5.02. The Hall–Kier alpha value is -0.120. The third-order valence-corrected chi connectivity index (χ3v) is 0.939. The van der Waals surface area contributed by atoms with Gasteiger partial charge in [0.15, 0.2) is 0 Å². The van der Waals surface area contributed by atoms with E-state index in [0.29, 0.717) is 0 Å². The topological polar surface area (TPSA) is 15.7 Å². The molecular formula is C4H10N2O. The molecule has 3 nitrogen and oxygen atoms in total. The van der Waals surface area contributed by atoms with Crippen LogP contribution in [0.25, 0.3) is 0 Å². The molecule has 3 heteroatoms. The lowest BCUT2D eigenvalue weighted by Crippen LogP contribution is -2.17. The lowest BCUT2D eigenvalue weighted by atomic mass is 10.9. The summed E-state index contributed by atoms with van der Waals surface area (Å²) in [6.07, 6.45) is 0. The van der Waals surface area contributed by atoms with Crippen molar-refractivity contribution in [3.8, 4) is 0 Å². The van der Waals surface area contributed by atoms with Gasteiger partial charge in [-0.2, -0.15) is 5.06 Å². The highest BCUT2D eigenvalue weighted by Gasteiger charge is 2.10. The summed E-state index contributed by atoms with van der Waals surface area (Å²) in [5, 5.41) is 1.81. The fourth-order valence-corrected chi connectivity index (χ4v) is 0.619. The van der Waals surface area contributed by atoms with E-state index in [2.05, 4.69) is 4.90 Å². The largest absolute Gasteiger partial charge is 0.282 e. The van der Waals surface area contributed by atoms with Crippen LogP contribution < -0.4 is 0 Å². The molecule has 0 N–H and O–H groups in total. The fraction of sp³-hybridized carbons (Fsp3) is 1.00. The summed E-state index contributed by atoms with van der Waals surface area (Å²) in [4.78, 5) is 7.11. The van der Waals surface area contributed by atoms with Gasteiger partial charge in [0.25, 0.3) is 0 Å². The maximum Gasteiger partial charge on any atom is 0.122 e. The number of hydrogen-bond acceptors (Lipinski definition) is 3. The third-order valence-electron chi connectivity index (χ3n) is 0.939. The zero-order chi connectivity index (χ0) is 5.28. The van der Waals surface area contributed by atoms with E-state index in [-0.39, 0.29) is 0 Å². The average Bonchev–Trinajstić information content (AvgIpc) is 1.87. The molecular weight excluding hydrogens is 92.1 g/mol. The van der Waals surface area contributed by atoms with Crippen molar-refractivity contribution in [1.29, 1.82) is 0 Å². The Morgan fingerprint density at radius 2 is 2.14 bits per heavy atom. The Morgan fingerprint density at radius 1 is 1.43 bits per heavy atom. The van der Waals surface area contributed by atoms with Crippen LogP contribution in [-0.2, 0) is 4.84 Å². The Balaban J connectivity index is 2.26. The first-order chi connectivity index (χ1) is 3.29. The molecule has 0 spiro atoms. The molecule has 0 unspecified atom stereocenters. The van der Waals surface area contributed by atoms with Gasteiger partial charge in [-0.3, -0.25) is 9.74 Å². The maximum absolute atomic E-state index is 5.02. The molecule has 1 aliphatic rings. The summed E-state index contributed by atoms with van der Waals surface area (Å²) in [6.45, 7) is 1.65. The highest BCUT2D eigenvalue weighted by molar-refractivity contribution is 4.43. The van der Waals surface area contributed by atoms with Crippen molar-refractivity contribution in [3.63, 3.8) is 0 Å². The van der Waals surface area contributed by atoms with Crippen molar-refractivity contribution < 1.29 is 4.84 Å². The second-order valence-corrected chi connectivity index (χ2v) is 1.88. The van der Waals surface area contributed by atoms with Crippen molar-refractivity contribution in [3.05, 3.63) is 0 Å². The first-order valence-electron chi connectivity index (χ1n) is 2.31. The van der Waals surface area contributed by atoms with Crippen LogP contribution in [0.4, 0.5) is 0 Å². The van der Waals surface area contributed by atoms with Gasteiger partial charge in [0.05, 0.1) is 6.67 Å². The lowest BCUT2D eigenvalue weighted by molar-refractivity contribution is -0.0883. The lowest BCUT2D eigenvalue weighted by Gasteiger charge is -2.02. The van der Waals surface area contributed by atoms with Crippen LogP contribution in [-0.4, -0.2) is 37.5 Å². The minimum absolute atomic E-state index is 0.733. The van der Waals surface area contributed by atoms with Crippen LogP contribution in [0.3, 0.4) is 0 Å². The Bertz CT molecular complexity index is 58.7. The minimum atomic E-state index is 0.733. The number of rotatable bonds is 0. The van der Waals surface area contributed by atoms with E-state index in [0.717, 1.165) is 13.4 Å². The Morgan fingerprint density at radius 3 is 2.29 bits per heavy atom. The standard InChI is InChI=1S/C4H10N2O/c1-5-3-6(2)7-4-5/h3-4H2,1-2H3. The molecule has 0 aromatic rings. The summed E-state index contributed by atoms with van der Waals surface area (Å²) in [6, 6.07) is 0. The molecule has 0 amide bonds. The molecule has 0 bridgehead atoms. The van der Waals surface area contributed by atoms with Gasteiger partial charge in [-0.25, -0.2) is 0 Å². The number of hydroxylamine groups is 2. The summed E-state index contributed by atoms with van der Waals surface area (Å²) in [7, 11) is 3.94. The smallest absolute Gasteiger partial charge is 0.122 e. The van der Waals surface area contributed by atoms with Gasteiger partial charge in [0, 0.05) is 7.05 Å². The Kier molecular flexibility index (Phi) is 1.27. The van der Waals surface area contributed by atoms with Crippen molar-refractivity contribution in [2.45, 2.75) is 0 Å². The molecule has 0 aliphatic carbocycles. The van der Waals surface area contributed by atoms with E-state index < -0.39 is 0 Å². The van der Waals surface area contributed by atoms with Crippen LogP contribution in [0, 0.1) is 0 Å². The molecule has 1 fully saturated rings. The van der Waals surface area contributed by atoms with Crippen molar-refractivity contribution in [1.82, 2.24) is 9.96 Å². The monoisotopic (exact) mass is 102 g/mol. The molecule has 0 saturated carbocycles. The van der Waals surface area contributed by atoms with Crippen molar-refractivity contribution in [2.24, 2.45) is 0 Å². The van der Waals surface area contributed by atoms with Gasteiger partial charge in [-0.15, -0.1) is 0 Å². The third kappa shape index (κ3) is 1.12. The SMILES string of the molecule is CN1CON(C)C1. The predicted octanol–water partition coefficient (Wildman–Crippen LogP) is -0.290. The normalized spacial score (nSPS) is 26.6. The summed E-state index contributed by atoms with van der Waals surface area (Å²) in [5.74, 6) is 0. The van der Waals surface area contributed by atoms with E-state index in [1.807, 2.05) is 14.1 Å². The van der Waals surface area contributed by atoms with Gasteiger partial charge in [-0.05, 0) is 7.05 Å². The van der Waals surface area contributed by atoms with E-state index in [1.54, 1.807) is 5.06 Å². The van der Waals surface area contributed by atoms with E-state index in [4.69, 9.17) is 4.84 Å².